The minimum Gasteiger partial charge on any atom is -0.489 e. The molecular weight excluding hydrogens is 396 g/mol. The highest BCUT2D eigenvalue weighted by Gasteiger charge is 2.36. The summed E-state index contributed by atoms with van der Waals surface area (Å²) in [5.74, 6) is -0.0990. The van der Waals surface area contributed by atoms with Crippen LogP contribution < -0.4 is 4.74 Å². The predicted octanol–water partition coefficient (Wildman–Crippen LogP) is 7.53. The summed E-state index contributed by atoms with van der Waals surface area (Å²) in [5.41, 5.74) is 6.70. The van der Waals surface area contributed by atoms with Gasteiger partial charge in [-0.1, -0.05) is 76.6 Å². The SMILES string of the molecule is CC/C(C)=C/[C@H](CC(=O)O)c1ccc(OCc2ccc3c(c2)C(C)(C)CCC3(C)C)cc1. The molecule has 0 amide bonds. The van der Waals surface area contributed by atoms with Crippen LogP contribution in [0.5, 0.6) is 5.75 Å². The predicted molar refractivity (Wildman–Crippen MR) is 132 cm³/mol. The van der Waals surface area contributed by atoms with Crippen LogP contribution in [0.1, 0.15) is 95.4 Å². The summed E-state index contributed by atoms with van der Waals surface area (Å²) in [6, 6.07) is 14.7. The number of carbonyl (C=O) groups is 1. The topological polar surface area (TPSA) is 46.5 Å². The molecule has 3 heteroatoms. The average Bonchev–Trinajstić information content (AvgIpc) is 2.75. The average molecular weight is 435 g/mol. The number of hydrogen-bond acceptors (Lipinski definition) is 2. The van der Waals surface area contributed by atoms with Gasteiger partial charge in [-0.05, 0) is 71.4 Å². The number of benzene rings is 2. The summed E-state index contributed by atoms with van der Waals surface area (Å²) >= 11 is 0. The Hall–Kier alpha value is -2.55. The lowest BCUT2D eigenvalue weighted by atomic mass is 9.63. The number of hydrogen-bond donors (Lipinski definition) is 1. The van der Waals surface area contributed by atoms with Crippen LogP contribution in [0.4, 0.5) is 0 Å². The first-order chi connectivity index (χ1) is 15.0. The molecule has 0 aromatic heterocycles. The Morgan fingerprint density at radius 2 is 1.66 bits per heavy atom. The van der Waals surface area contributed by atoms with Crippen molar-refractivity contribution in [3.8, 4) is 5.75 Å². The standard InChI is InChI=1S/C29H38O3/c1-7-20(2)16-23(18-27(30)31)22-9-11-24(12-10-22)32-19-21-8-13-25-26(17-21)29(5,6)15-14-28(25,3)4/h8-13,16-17,23H,7,14-15,18-19H2,1-6H3,(H,30,31)/b20-16+/t23-/m1/s1. The molecule has 1 N–H and O–H groups in total. The normalized spacial score (nSPS) is 18.0. The van der Waals surface area contributed by atoms with Gasteiger partial charge in [0.2, 0.25) is 0 Å². The van der Waals surface area contributed by atoms with Crippen LogP contribution in [0.15, 0.2) is 54.1 Å². The van der Waals surface area contributed by atoms with Gasteiger partial charge in [-0.3, -0.25) is 4.79 Å². The van der Waals surface area contributed by atoms with Crippen LogP contribution in [0, 0.1) is 0 Å². The van der Waals surface area contributed by atoms with E-state index in [2.05, 4.69) is 58.9 Å². The molecule has 0 bridgehead atoms. The summed E-state index contributed by atoms with van der Waals surface area (Å²) in [4.78, 5) is 11.3. The van der Waals surface area contributed by atoms with Gasteiger partial charge in [-0.15, -0.1) is 0 Å². The van der Waals surface area contributed by atoms with E-state index >= 15 is 0 Å². The van der Waals surface area contributed by atoms with E-state index in [1.807, 2.05) is 31.2 Å². The highest BCUT2D eigenvalue weighted by molar-refractivity contribution is 5.68. The summed E-state index contributed by atoms with van der Waals surface area (Å²) < 4.78 is 6.09. The summed E-state index contributed by atoms with van der Waals surface area (Å²) in [6.07, 6.45) is 5.50. The molecule has 3 rings (SSSR count). The van der Waals surface area contributed by atoms with Crippen molar-refractivity contribution in [1.82, 2.24) is 0 Å². The molecule has 32 heavy (non-hydrogen) atoms. The zero-order valence-electron chi connectivity index (χ0n) is 20.5. The molecule has 0 spiro atoms. The zero-order valence-corrected chi connectivity index (χ0v) is 20.5. The maximum atomic E-state index is 11.3. The number of ether oxygens (including phenoxy) is 1. The monoisotopic (exact) mass is 434 g/mol. The number of carboxylic acid groups (broad SMARTS) is 1. The molecule has 1 atom stereocenters. The second kappa shape index (κ2) is 9.52. The van der Waals surface area contributed by atoms with Gasteiger partial charge in [-0.2, -0.15) is 0 Å². The van der Waals surface area contributed by atoms with E-state index in [1.165, 1.54) is 35.1 Å². The molecule has 1 aliphatic rings. The molecule has 2 aromatic carbocycles. The number of rotatable bonds is 8. The van der Waals surface area contributed by atoms with E-state index in [4.69, 9.17) is 4.74 Å². The number of fused-ring (bicyclic) bond motifs is 1. The van der Waals surface area contributed by atoms with Crippen LogP contribution in [0.2, 0.25) is 0 Å². The first-order valence-electron chi connectivity index (χ1n) is 11.8. The van der Waals surface area contributed by atoms with Gasteiger partial charge in [0.25, 0.3) is 0 Å². The van der Waals surface area contributed by atoms with Crippen LogP contribution in [0.25, 0.3) is 0 Å². The lowest BCUT2D eigenvalue weighted by Crippen LogP contribution is -2.33. The van der Waals surface area contributed by atoms with Crippen molar-refractivity contribution in [1.29, 1.82) is 0 Å². The fourth-order valence-corrected chi connectivity index (χ4v) is 4.63. The van der Waals surface area contributed by atoms with Crippen LogP contribution in [-0.2, 0) is 22.2 Å². The van der Waals surface area contributed by atoms with Crippen molar-refractivity contribution in [3.63, 3.8) is 0 Å². The van der Waals surface area contributed by atoms with E-state index in [0.29, 0.717) is 6.61 Å². The number of allylic oxidation sites excluding steroid dienone is 2. The quantitative estimate of drug-likeness (QED) is 0.437. The Kier molecular flexibility index (Phi) is 7.17. The molecule has 0 unspecified atom stereocenters. The summed E-state index contributed by atoms with van der Waals surface area (Å²) in [7, 11) is 0. The fourth-order valence-electron chi connectivity index (χ4n) is 4.63. The smallest absolute Gasteiger partial charge is 0.304 e. The molecule has 0 fully saturated rings. The van der Waals surface area contributed by atoms with Gasteiger partial charge in [0, 0.05) is 5.92 Å². The second-order valence-electron chi connectivity index (χ2n) is 10.6. The third-order valence-electron chi connectivity index (χ3n) is 7.07. The Balaban J connectivity index is 1.73. The number of aliphatic carboxylic acids is 1. The third-order valence-corrected chi connectivity index (χ3v) is 7.07. The zero-order chi connectivity index (χ0) is 23.5. The molecule has 0 saturated heterocycles. The van der Waals surface area contributed by atoms with Crippen LogP contribution >= 0.6 is 0 Å². The minimum atomic E-state index is -0.783. The van der Waals surface area contributed by atoms with Gasteiger partial charge in [0.05, 0.1) is 6.42 Å². The van der Waals surface area contributed by atoms with Crippen molar-refractivity contribution in [2.24, 2.45) is 0 Å². The van der Waals surface area contributed by atoms with E-state index in [9.17, 15) is 9.90 Å². The van der Waals surface area contributed by atoms with Crippen LogP contribution in [-0.4, -0.2) is 11.1 Å². The number of carboxylic acids is 1. The highest BCUT2D eigenvalue weighted by Crippen LogP contribution is 2.46. The van der Waals surface area contributed by atoms with Crippen molar-refractivity contribution in [2.75, 3.05) is 0 Å². The Morgan fingerprint density at radius 3 is 2.25 bits per heavy atom. The second-order valence-corrected chi connectivity index (χ2v) is 10.6. The Morgan fingerprint density at radius 1 is 1.03 bits per heavy atom. The first kappa shape index (κ1) is 24.1. The highest BCUT2D eigenvalue weighted by atomic mass is 16.5. The molecule has 0 saturated carbocycles. The molecule has 2 aromatic rings. The molecule has 0 heterocycles. The molecule has 1 aliphatic carbocycles. The van der Waals surface area contributed by atoms with E-state index in [0.717, 1.165) is 17.7 Å². The maximum Gasteiger partial charge on any atom is 0.304 e. The van der Waals surface area contributed by atoms with Gasteiger partial charge in [0.1, 0.15) is 12.4 Å². The largest absolute Gasteiger partial charge is 0.489 e. The van der Waals surface area contributed by atoms with Gasteiger partial charge in [-0.25, -0.2) is 0 Å². The van der Waals surface area contributed by atoms with Crippen molar-refractivity contribution in [2.45, 2.75) is 90.6 Å². The Bertz CT molecular complexity index is 980. The van der Waals surface area contributed by atoms with Crippen molar-refractivity contribution < 1.29 is 14.6 Å². The minimum absolute atomic E-state index is 0.0960. The maximum absolute atomic E-state index is 11.3. The Labute approximate surface area is 193 Å². The molecule has 172 valence electrons. The van der Waals surface area contributed by atoms with Gasteiger partial charge in [0.15, 0.2) is 0 Å². The lowest BCUT2D eigenvalue weighted by molar-refractivity contribution is -0.137. The third kappa shape index (κ3) is 5.62. The molecular formula is C29H38O3. The van der Waals surface area contributed by atoms with Crippen molar-refractivity contribution >= 4 is 5.97 Å². The van der Waals surface area contributed by atoms with E-state index < -0.39 is 5.97 Å². The van der Waals surface area contributed by atoms with E-state index in [1.54, 1.807) is 0 Å². The van der Waals surface area contributed by atoms with E-state index in [-0.39, 0.29) is 23.2 Å². The fraction of sp³-hybridized carbons (Fsp3) is 0.483. The first-order valence-corrected chi connectivity index (χ1v) is 11.8. The van der Waals surface area contributed by atoms with Gasteiger partial charge < -0.3 is 9.84 Å². The molecule has 0 aliphatic heterocycles. The molecule has 0 radical (unpaired) electrons. The van der Waals surface area contributed by atoms with Gasteiger partial charge >= 0.3 is 5.97 Å². The summed E-state index contributed by atoms with van der Waals surface area (Å²) in [5, 5.41) is 9.30. The van der Waals surface area contributed by atoms with Crippen molar-refractivity contribution in [3.05, 3.63) is 76.4 Å². The molecule has 3 nitrogen and oxygen atoms in total. The summed E-state index contributed by atoms with van der Waals surface area (Å²) in [6.45, 7) is 14.0. The lowest BCUT2D eigenvalue weighted by Gasteiger charge is -2.42. The van der Waals surface area contributed by atoms with Crippen LogP contribution in [0.3, 0.4) is 0 Å².